The first kappa shape index (κ1) is 7.13. The number of H-pyrrole nitrogens is 1. The van der Waals surface area contributed by atoms with Gasteiger partial charge in [-0.1, -0.05) is 0 Å². The number of aromatic amines is 1. The molecule has 3 rings (SSSR count). The van der Waals surface area contributed by atoms with Gasteiger partial charge in [0, 0.05) is 11.9 Å². The Morgan fingerprint density at radius 3 is 3.00 bits per heavy atom. The van der Waals surface area contributed by atoms with Crippen molar-refractivity contribution >= 4 is 11.0 Å². The second-order valence-corrected chi connectivity index (χ2v) is 3.94. The molecule has 0 radical (unpaired) electrons. The molecule has 0 spiro atoms. The van der Waals surface area contributed by atoms with E-state index in [1.54, 1.807) is 0 Å². The first-order chi connectivity index (χ1) is 6.33. The van der Waals surface area contributed by atoms with E-state index in [1.807, 2.05) is 6.20 Å². The fraction of sp³-hybridized carbons (Fsp3) is 0.364. The van der Waals surface area contributed by atoms with E-state index in [4.69, 9.17) is 0 Å². The molecule has 1 aliphatic rings. The van der Waals surface area contributed by atoms with E-state index < -0.39 is 0 Å². The summed E-state index contributed by atoms with van der Waals surface area (Å²) >= 11 is 0. The summed E-state index contributed by atoms with van der Waals surface area (Å²) in [6.07, 6.45) is 4.60. The number of nitrogens with one attached hydrogen (secondary N) is 1. The Hall–Kier alpha value is -1.31. The van der Waals surface area contributed by atoms with E-state index in [9.17, 15) is 0 Å². The molecule has 1 fully saturated rings. The first-order valence-electron chi connectivity index (χ1n) is 4.78. The summed E-state index contributed by atoms with van der Waals surface area (Å²) in [5.74, 6) is 0.787. The molecule has 0 amide bonds. The second-order valence-electron chi connectivity index (χ2n) is 3.94. The van der Waals surface area contributed by atoms with Gasteiger partial charge >= 0.3 is 0 Å². The van der Waals surface area contributed by atoms with Gasteiger partial charge < -0.3 is 4.98 Å². The fourth-order valence-electron chi connectivity index (χ4n) is 1.75. The Bertz CT molecular complexity index is 452. The van der Waals surface area contributed by atoms with Gasteiger partial charge in [-0.3, -0.25) is 4.98 Å². The van der Waals surface area contributed by atoms with Crippen molar-refractivity contribution in [1.29, 1.82) is 0 Å². The van der Waals surface area contributed by atoms with Crippen LogP contribution in [-0.4, -0.2) is 9.97 Å². The number of hydrogen-bond acceptors (Lipinski definition) is 1. The van der Waals surface area contributed by atoms with Gasteiger partial charge in [0.1, 0.15) is 0 Å². The van der Waals surface area contributed by atoms with Crippen molar-refractivity contribution in [3.63, 3.8) is 0 Å². The Morgan fingerprint density at radius 2 is 2.23 bits per heavy atom. The van der Waals surface area contributed by atoms with Gasteiger partial charge in [0.2, 0.25) is 0 Å². The van der Waals surface area contributed by atoms with Gasteiger partial charge in [0.05, 0.1) is 11.0 Å². The average molecular weight is 172 g/mol. The smallest absolute Gasteiger partial charge is 0.0881 e. The molecule has 0 aromatic carbocycles. The SMILES string of the molecule is Cc1cnc2cc(C3CC3)[nH]c2c1. The summed E-state index contributed by atoms with van der Waals surface area (Å²) in [4.78, 5) is 7.82. The number of hydrogen-bond donors (Lipinski definition) is 1. The lowest BCUT2D eigenvalue weighted by Crippen LogP contribution is -1.77. The fourth-order valence-corrected chi connectivity index (χ4v) is 1.75. The van der Waals surface area contributed by atoms with Crippen LogP contribution in [0.4, 0.5) is 0 Å². The normalized spacial score (nSPS) is 16.7. The highest BCUT2D eigenvalue weighted by molar-refractivity contribution is 5.76. The molecular formula is C11H12N2. The van der Waals surface area contributed by atoms with Crippen molar-refractivity contribution in [3.8, 4) is 0 Å². The third-order valence-electron chi connectivity index (χ3n) is 2.64. The van der Waals surface area contributed by atoms with E-state index >= 15 is 0 Å². The molecular weight excluding hydrogens is 160 g/mol. The van der Waals surface area contributed by atoms with Crippen molar-refractivity contribution in [1.82, 2.24) is 9.97 Å². The molecule has 1 N–H and O–H groups in total. The number of rotatable bonds is 1. The predicted molar refractivity (Wildman–Crippen MR) is 52.8 cm³/mol. The van der Waals surface area contributed by atoms with Crippen LogP contribution in [0.15, 0.2) is 18.3 Å². The summed E-state index contributed by atoms with van der Waals surface area (Å²) in [5.41, 5.74) is 4.87. The molecule has 0 atom stereocenters. The van der Waals surface area contributed by atoms with Crippen LogP contribution in [0, 0.1) is 6.92 Å². The van der Waals surface area contributed by atoms with Gasteiger partial charge in [-0.2, -0.15) is 0 Å². The van der Waals surface area contributed by atoms with Crippen LogP contribution in [0.25, 0.3) is 11.0 Å². The van der Waals surface area contributed by atoms with Gasteiger partial charge in [-0.05, 0) is 43.4 Å². The lowest BCUT2D eigenvalue weighted by Gasteiger charge is -1.90. The minimum atomic E-state index is 0.787. The summed E-state index contributed by atoms with van der Waals surface area (Å²) in [5, 5.41) is 0. The second kappa shape index (κ2) is 2.34. The van der Waals surface area contributed by atoms with Crippen molar-refractivity contribution in [2.45, 2.75) is 25.7 Å². The van der Waals surface area contributed by atoms with E-state index in [1.165, 1.54) is 29.6 Å². The van der Waals surface area contributed by atoms with Crippen molar-refractivity contribution in [2.75, 3.05) is 0 Å². The molecule has 66 valence electrons. The van der Waals surface area contributed by atoms with Gasteiger partial charge in [0.25, 0.3) is 0 Å². The summed E-state index contributed by atoms with van der Waals surface area (Å²) in [6, 6.07) is 4.35. The molecule has 0 bridgehead atoms. The zero-order chi connectivity index (χ0) is 8.84. The summed E-state index contributed by atoms with van der Waals surface area (Å²) in [6.45, 7) is 2.07. The average Bonchev–Trinajstić information content (AvgIpc) is 2.87. The first-order valence-corrected chi connectivity index (χ1v) is 4.78. The standard InChI is InChI=1S/C11H12N2/c1-7-4-11-10(12-6-7)5-9(13-11)8-2-3-8/h4-6,8,13H,2-3H2,1H3. The molecule has 2 aromatic rings. The third kappa shape index (κ3) is 1.13. The number of pyridine rings is 1. The molecule has 1 saturated carbocycles. The summed E-state index contributed by atoms with van der Waals surface area (Å²) < 4.78 is 0. The predicted octanol–water partition coefficient (Wildman–Crippen LogP) is 2.75. The Balaban J connectivity index is 2.20. The van der Waals surface area contributed by atoms with Crippen LogP contribution < -0.4 is 0 Å². The molecule has 2 nitrogen and oxygen atoms in total. The number of nitrogens with zero attached hydrogens (tertiary/aromatic N) is 1. The highest BCUT2D eigenvalue weighted by atomic mass is 14.8. The van der Waals surface area contributed by atoms with Gasteiger partial charge in [0.15, 0.2) is 0 Å². The van der Waals surface area contributed by atoms with E-state index in [0.29, 0.717) is 0 Å². The number of aryl methyl sites for hydroxylation is 1. The molecule has 2 aromatic heterocycles. The summed E-state index contributed by atoms with van der Waals surface area (Å²) in [7, 11) is 0. The number of aromatic nitrogens is 2. The molecule has 13 heavy (non-hydrogen) atoms. The Kier molecular flexibility index (Phi) is 1.29. The van der Waals surface area contributed by atoms with Crippen molar-refractivity contribution in [3.05, 3.63) is 29.6 Å². The molecule has 2 heterocycles. The zero-order valence-electron chi connectivity index (χ0n) is 7.67. The molecule has 0 aliphatic heterocycles. The molecule has 0 unspecified atom stereocenters. The Labute approximate surface area is 77.0 Å². The van der Waals surface area contributed by atoms with Crippen LogP contribution in [-0.2, 0) is 0 Å². The van der Waals surface area contributed by atoms with Crippen molar-refractivity contribution in [2.24, 2.45) is 0 Å². The lowest BCUT2D eigenvalue weighted by molar-refractivity contribution is 1.06. The van der Waals surface area contributed by atoms with Gasteiger partial charge in [-0.25, -0.2) is 0 Å². The minimum absolute atomic E-state index is 0.787. The maximum atomic E-state index is 4.38. The maximum absolute atomic E-state index is 4.38. The van der Waals surface area contributed by atoms with Crippen LogP contribution >= 0.6 is 0 Å². The van der Waals surface area contributed by atoms with Crippen LogP contribution in [0.1, 0.15) is 30.0 Å². The highest BCUT2D eigenvalue weighted by Crippen LogP contribution is 2.40. The molecule has 2 heteroatoms. The van der Waals surface area contributed by atoms with E-state index in [0.717, 1.165) is 11.4 Å². The maximum Gasteiger partial charge on any atom is 0.0881 e. The third-order valence-corrected chi connectivity index (χ3v) is 2.64. The largest absolute Gasteiger partial charge is 0.357 e. The lowest BCUT2D eigenvalue weighted by atomic mass is 10.3. The van der Waals surface area contributed by atoms with Crippen LogP contribution in [0.3, 0.4) is 0 Å². The molecule has 1 aliphatic carbocycles. The monoisotopic (exact) mass is 172 g/mol. The van der Waals surface area contributed by atoms with Gasteiger partial charge in [-0.15, -0.1) is 0 Å². The highest BCUT2D eigenvalue weighted by Gasteiger charge is 2.25. The number of fused-ring (bicyclic) bond motifs is 1. The zero-order valence-corrected chi connectivity index (χ0v) is 7.67. The quantitative estimate of drug-likeness (QED) is 0.704. The van der Waals surface area contributed by atoms with Crippen molar-refractivity contribution < 1.29 is 0 Å². The van der Waals surface area contributed by atoms with Crippen LogP contribution in [0.2, 0.25) is 0 Å². The Morgan fingerprint density at radius 1 is 1.38 bits per heavy atom. The van der Waals surface area contributed by atoms with Crippen LogP contribution in [0.5, 0.6) is 0 Å². The van der Waals surface area contributed by atoms with E-state index in [-0.39, 0.29) is 0 Å². The molecule has 0 saturated heterocycles. The minimum Gasteiger partial charge on any atom is -0.357 e. The topological polar surface area (TPSA) is 28.7 Å². The van der Waals surface area contributed by atoms with E-state index in [2.05, 4.69) is 29.0 Å².